The first-order chi connectivity index (χ1) is 9.17. The number of rotatable bonds is 1. The van der Waals surface area contributed by atoms with Gasteiger partial charge in [0.15, 0.2) is 0 Å². The SMILES string of the molecule is Cl.O=C(Nc1ccc(Cl)cc1)N1CCC2(CCNC2)C1. The Morgan fingerprint density at radius 3 is 2.70 bits per heavy atom. The van der Waals surface area contributed by atoms with Gasteiger partial charge in [0, 0.05) is 35.8 Å². The number of nitrogens with one attached hydrogen (secondary N) is 2. The molecule has 1 aromatic carbocycles. The molecule has 2 fully saturated rings. The second kappa shape index (κ2) is 6.20. The third-order valence-electron chi connectivity index (χ3n) is 4.15. The molecule has 2 aliphatic heterocycles. The maximum atomic E-state index is 12.2. The summed E-state index contributed by atoms with van der Waals surface area (Å²) in [6, 6.07) is 7.20. The highest BCUT2D eigenvalue weighted by Gasteiger charge is 2.41. The minimum absolute atomic E-state index is 0. The molecule has 0 saturated carbocycles. The van der Waals surface area contributed by atoms with Crippen LogP contribution in [0, 0.1) is 5.41 Å². The van der Waals surface area contributed by atoms with E-state index in [0.717, 1.165) is 38.3 Å². The molecule has 2 saturated heterocycles. The summed E-state index contributed by atoms with van der Waals surface area (Å²) in [7, 11) is 0. The van der Waals surface area contributed by atoms with Crippen LogP contribution in [-0.4, -0.2) is 37.1 Å². The first-order valence-corrected chi connectivity index (χ1v) is 7.07. The molecule has 110 valence electrons. The Kier molecular flexibility index (Phi) is 4.78. The number of hydrogen-bond acceptors (Lipinski definition) is 2. The summed E-state index contributed by atoms with van der Waals surface area (Å²) < 4.78 is 0. The molecule has 3 rings (SSSR count). The van der Waals surface area contributed by atoms with Crippen molar-refractivity contribution in [2.24, 2.45) is 5.41 Å². The van der Waals surface area contributed by atoms with Crippen molar-refractivity contribution in [1.29, 1.82) is 0 Å². The van der Waals surface area contributed by atoms with Crippen molar-refractivity contribution >= 4 is 35.7 Å². The lowest BCUT2D eigenvalue weighted by Crippen LogP contribution is -2.36. The topological polar surface area (TPSA) is 44.4 Å². The first-order valence-electron chi connectivity index (χ1n) is 6.69. The van der Waals surface area contributed by atoms with Gasteiger partial charge in [-0.1, -0.05) is 11.6 Å². The molecular weight excluding hydrogens is 297 g/mol. The smallest absolute Gasteiger partial charge is 0.321 e. The van der Waals surface area contributed by atoms with Gasteiger partial charge in [0.2, 0.25) is 0 Å². The van der Waals surface area contributed by atoms with Gasteiger partial charge in [-0.15, -0.1) is 12.4 Å². The van der Waals surface area contributed by atoms with Crippen LogP contribution < -0.4 is 10.6 Å². The molecule has 2 heterocycles. The van der Waals surface area contributed by atoms with E-state index in [4.69, 9.17) is 11.6 Å². The number of carbonyl (C=O) groups excluding carboxylic acids is 1. The maximum Gasteiger partial charge on any atom is 0.321 e. The van der Waals surface area contributed by atoms with E-state index in [1.54, 1.807) is 12.1 Å². The minimum atomic E-state index is -0.00824. The summed E-state index contributed by atoms with van der Waals surface area (Å²) in [6.07, 6.45) is 2.28. The molecule has 0 aromatic heterocycles. The van der Waals surface area contributed by atoms with Gasteiger partial charge in [-0.2, -0.15) is 0 Å². The Labute approximate surface area is 130 Å². The highest BCUT2D eigenvalue weighted by Crippen LogP contribution is 2.36. The van der Waals surface area contributed by atoms with Crippen LogP contribution in [0.4, 0.5) is 10.5 Å². The maximum absolute atomic E-state index is 12.2. The van der Waals surface area contributed by atoms with Crippen molar-refractivity contribution in [3.8, 4) is 0 Å². The highest BCUT2D eigenvalue weighted by molar-refractivity contribution is 6.30. The number of halogens is 2. The predicted molar refractivity (Wildman–Crippen MR) is 83.8 cm³/mol. The van der Waals surface area contributed by atoms with Gasteiger partial charge in [0.25, 0.3) is 0 Å². The molecule has 1 aromatic rings. The van der Waals surface area contributed by atoms with E-state index in [1.165, 1.54) is 6.42 Å². The quantitative estimate of drug-likeness (QED) is 0.836. The van der Waals surface area contributed by atoms with Crippen LogP contribution in [0.1, 0.15) is 12.8 Å². The normalized spacial score (nSPS) is 24.8. The lowest BCUT2D eigenvalue weighted by Gasteiger charge is -2.23. The molecule has 2 N–H and O–H groups in total. The van der Waals surface area contributed by atoms with E-state index in [9.17, 15) is 4.79 Å². The predicted octanol–water partition coefficient (Wildman–Crippen LogP) is 2.98. The van der Waals surface area contributed by atoms with Gasteiger partial charge in [-0.25, -0.2) is 4.79 Å². The number of likely N-dealkylation sites (tertiary alicyclic amines) is 1. The standard InChI is InChI=1S/C14H18ClN3O.ClH/c15-11-1-3-12(4-2-11)17-13(19)18-8-6-14(10-18)5-7-16-9-14;/h1-4,16H,5-10H2,(H,17,19);1H. The average molecular weight is 316 g/mol. The zero-order valence-corrected chi connectivity index (χ0v) is 12.8. The summed E-state index contributed by atoms with van der Waals surface area (Å²) in [4.78, 5) is 14.1. The minimum Gasteiger partial charge on any atom is -0.324 e. The van der Waals surface area contributed by atoms with Crippen LogP contribution >= 0.6 is 24.0 Å². The van der Waals surface area contributed by atoms with Gasteiger partial charge in [-0.05, 0) is 43.7 Å². The molecule has 2 aliphatic rings. The third-order valence-corrected chi connectivity index (χ3v) is 4.41. The van der Waals surface area contributed by atoms with Gasteiger partial charge >= 0.3 is 6.03 Å². The summed E-state index contributed by atoms with van der Waals surface area (Å²) in [5.74, 6) is 0. The fraction of sp³-hybridized carbons (Fsp3) is 0.500. The zero-order valence-electron chi connectivity index (χ0n) is 11.2. The Bertz CT molecular complexity index is 472. The van der Waals surface area contributed by atoms with Crippen LogP contribution in [0.2, 0.25) is 5.02 Å². The largest absolute Gasteiger partial charge is 0.324 e. The molecule has 1 unspecified atom stereocenters. The number of nitrogens with zero attached hydrogens (tertiary/aromatic N) is 1. The van der Waals surface area contributed by atoms with E-state index in [2.05, 4.69) is 10.6 Å². The number of hydrogen-bond donors (Lipinski definition) is 2. The highest BCUT2D eigenvalue weighted by atomic mass is 35.5. The molecule has 0 aliphatic carbocycles. The van der Waals surface area contributed by atoms with E-state index in [-0.39, 0.29) is 18.4 Å². The van der Waals surface area contributed by atoms with E-state index < -0.39 is 0 Å². The molecule has 20 heavy (non-hydrogen) atoms. The van der Waals surface area contributed by atoms with Crippen molar-refractivity contribution in [1.82, 2.24) is 10.2 Å². The zero-order chi connectivity index (χ0) is 13.3. The van der Waals surface area contributed by atoms with Gasteiger partial charge in [0.1, 0.15) is 0 Å². The lowest BCUT2D eigenvalue weighted by molar-refractivity contribution is 0.215. The molecule has 1 spiro atoms. The summed E-state index contributed by atoms with van der Waals surface area (Å²) in [5.41, 5.74) is 1.11. The number of carbonyl (C=O) groups is 1. The Balaban J connectivity index is 0.00000147. The second-order valence-corrected chi connectivity index (χ2v) is 5.97. The van der Waals surface area contributed by atoms with Crippen molar-refractivity contribution in [3.63, 3.8) is 0 Å². The summed E-state index contributed by atoms with van der Waals surface area (Å²) in [6.45, 7) is 3.82. The fourth-order valence-corrected chi connectivity index (χ4v) is 3.11. The van der Waals surface area contributed by atoms with E-state index >= 15 is 0 Å². The Morgan fingerprint density at radius 1 is 1.30 bits per heavy atom. The molecular formula is C14H19Cl2N3O. The third kappa shape index (κ3) is 3.19. The molecule has 1 atom stereocenters. The number of benzene rings is 1. The van der Waals surface area contributed by atoms with Crippen LogP contribution in [-0.2, 0) is 0 Å². The van der Waals surface area contributed by atoms with Crippen LogP contribution in [0.25, 0.3) is 0 Å². The van der Waals surface area contributed by atoms with Gasteiger partial charge < -0.3 is 15.5 Å². The van der Waals surface area contributed by atoms with Gasteiger partial charge in [-0.3, -0.25) is 0 Å². The van der Waals surface area contributed by atoms with Crippen LogP contribution in [0.15, 0.2) is 24.3 Å². The molecule has 6 heteroatoms. The van der Waals surface area contributed by atoms with Crippen LogP contribution in [0.3, 0.4) is 0 Å². The molecule has 2 amide bonds. The number of anilines is 1. The Hall–Kier alpha value is -0.970. The van der Waals surface area contributed by atoms with Crippen molar-refractivity contribution in [3.05, 3.63) is 29.3 Å². The van der Waals surface area contributed by atoms with Crippen molar-refractivity contribution < 1.29 is 4.79 Å². The summed E-state index contributed by atoms with van der Waals surface area (Å²) in [5, 5.41) is 7.00. The molecule has 0 radical (unpaired) electrons. The summed E-state index contributed by atoms with van der Waals surface area (Å²) >= 11 is 5.83. The monoisotopic (exact) mass is 315 g/mol. The number of amides is 2. The van der Waals surface area contributed by atoms with E-state index in [1.807, 2.05) is 17.0 Å². The Morgan fingerprint density at radius 2 is 2.05 bits per heavy atom. The second-order valence-electron chi connectivity index (χ2n) is 5.54. The van der Waals surface area contributed by atoms with Gasteiger partial charge in [0.05, 0.1) is 0 Å². The lowest BCUT2D eigenvalue weighted by atomic mass is 9.87. The van der Waals surface area contributed by atoms with Crippen molar-refractivity contribution in [2.75, 3.05) is 31.5 Å². The number of urea groups is 1. The van der Waals surface area contributed by atoms with Crippen LogP contribution in [0.5, 0.6) is 0 Å². The average Bonchev–Trinajstić information content (AvgIpc) is 3.03. The molecule has 4 nitrogen and oxygen atoms in total. The molecule has 0 bridgehead atoms. The van der Waals surface area contributed by atoms with E-state index in [0.29, 0.717) is 10.4 Å². The first kappa shape index (κ1) is 15.4. The fourth-order valence-electron chi connectivity index (χ4n) is 2.99. The van der Waals surface area contributed by atoms with Crippen molar-refractivity contribution in [2.45, 2.75) is 12.8 Å².